The van der Waals surface area contributed by atoms with E-state index in [2.05, 4.69) is 15.0 Å². The van der Waals surface area contributed by atoms with Gasteiger partial charge in [0, 0.05) is 6.42 Å². The van der Waals surface area contributed by atoms with E-state index in [9.17, 15) is 14.4 Å². The van der Waals surface area contributed by atoms with Crippen molar-refractivity contribution in [3.8, 4) is 0 Å². The van der Waals surface area contributed by atoms with Gasteiger partial charge < -0.3 is 20.1 Å². The summed E-state index contributed by atoms with van der Waals surface area (Å²) < 4.78 is 4.40. The number of carboxylic acid groups (broad SMARTS) is 1. The molecule has 1 aromatic rings. The number of rotatable bonds is 6. The van der Waals surface area contributed by atoms with Crippen molar-refractivity contribution in [1.82, 2.24) is 10.3 Å². The molecule has 0 aliphatic carbocycles. The van der Waals surface area contributed by atoms with Crippen LogP contribution in [0.3, 0.4) is 0 Å². The molecule has 1 atom stereocenters. The zero-order valence-corrected chi connectivity index (χ0v) is 11.9. The van der Waals surface area contributed by atoms with Gasteiger partial charge >= 0.3 is 11.9 Å². The Hall–Kier alpha value is -1.73. The van der Waals surface area contributed by atoms with Crippen LogP contribution in [0.15, 0.2) is 6.07 Å². The molecule has 0 saturated carbocycles. The Labute approximate surface area is 124 Å². The van der Waals surface area contributed by atoms with Crippen LogP contribution in [0.4, 0.5) is 0 Å². The van der Waals surface area contributed by atoms with Crippen LogP contribution in [0.5, 0.6) is 0 Å². The van der Waals surface area contributed by atoms with Gasteiger partial charge in [-0.15, -0.1) is 0 Å². The molecule has 20 heavy (non-hydrogen) atoms. The quantitative estimate of drug-likeness (QED) is 0.687. The molecule has 1 rings (SSSR count). The van der Waals surface area contributed by atoms with Crippen molar-refractivity contribution in [2.75, 3.05) is 7.11 Å². The fourth-order valence-corrected chi connectivity index (χ4v) is 1.70. The Morgan fingerprint density at radius 1 is 1.45 bits per heavy atom. The number of carbonyl (C=O) groups is 3. The molecule has 3 N–H and O–H groups in total. The maximum atomic E-state index is 11.8. The second kappa shape index (κ2) is 7.16. The van der Waals surface area contributed by atoms with E-state index >= 15 is 0 Å². The van der Waals surface area contributed by atoms with Crippen LogP contribution in [0.25, 0.3) is 0 Å². The molecule has 0 fully saturated rings. The molecule has 9 heteroatoms. The highest BCUT2D eigenvalue weighted by molar-refractivity contribution is 6.41. The van der Waals surface area contributed by atoms with Crippen LogP contribution >= 0.6 is 23.2 Å². The Morgan fingerprint density at radius 3 is 2.55 bits per heavy atom. The fraction of sp³-hybridized carbons (Fsp3) is 0.364. The predicted octanol–water partition coefficient (Wildman–Crippen LogP) is 1.46. The van der Waals surface area contributed by atoms with Crippen LogP contribution in [0.2, 0.25) is 10.2 Å². The van der Waals surface area contributed by atoms with Crippen molar-refractivity contribution >= 4 is 41.0 Å². The molecule has 0 spiro atoms. The first-order valence-corrected chi connectivity index (χ1v) is 6.25. The van der Waals surface area contributed by atoms with Gasteiger partial charge in [-0.05, 0) is 12.5 Å². The van der Waals surface area contributed by atoms with Gasteiger partial charge in [-0.25, -0.2) is 4.79 Å². The second-order valence-electron chi connectivity index (χ2n) is 3.82. The number of hydrogen-bond donors (Lipinski definition) is 3. The first-order chi connectivity index (χ1) is 9.35. The van der Waals surface area contributed by atoms with Gasteiger partial charge in [-0.3, -0.25) is 9.59 Å². The second-order valence-corrected chi connectivity index (χ2v) is 4.61. The highest BCUT2D eigenvalue weighted by Crippen LogP contribution is 2.21. The Kier molecular flexibility index (Phi) is 5.84. The topological polar surface area (TPSA) is 108 Å². The summed E-state index contributed by atoms with van der Waals surface area (Å²) in [6.45, 7) is 0. The Balaban J connectivity index is 2.68. The summed E-state index contributed by atoms with van der Waals surface area (Å²) in [5.41, 5.74) is 0.0318. The summed E-state index contributed by atoms with van der Waals surface area (Å²) in [4.78, 5) is 36.3. The average Bonchev–Trinajstić information content (AvgIpc) is 2.73. The number of ether oxygens (including phenoxy) is 1. The largest absolute Gasteiger partial charge is 0.480 e. The first-order valence-electron chi connectivity index (χ1n) is 5.49. The number of aromatic amines is 1. The van der Waals surface area contributed by atoms with Crippen molar-refractivity contribution in [2.24, 2.45) is 0 Å². The van der Waals surface area contributed by atoms with Gasteiger partial charge in [-0.1, -0.05) is 23.2 Å². The summed E-state index contributed by atoms with van der Waals surface area (Å²) in [5, 5.41) is 11.5. The van der Waals surface area contributed by atoms with E-state index in [1.807, 2.05) is 0 Å². The van der Waals surface area contributed by atoms with E-state index < -0.39 is 23.9 Å². The summed E-state index contributed by atoms with van der Waals surface area (Å²) >= 11 is 11.3. The maximum absolute atomic E-state index is 11.8. The Morgan fingerprint density at radius 2 is 2.10 bits per heavy atom. The molecule has 0 saturated heterocycles. The van der Waals surface area contributed by atoms with Gasteiger partial charge in [0.05, 0.1) is 12.1 Å². The van der Waals surface area contributed by atoms with E-state index in [0.29, 0.717) is 0 Å². The lowest BCUT2D eigenvalue weighted by Crippen LogP contribution is -2.41. The molecule has 0 aliphatic rings. The highest BCUT2D eigenvalue weighted by atomic mass is 35.5. The standard InChI is InChI=1S/C11H12Cl2N2O5/c1-20-8(16)3-2-6(11(18)19)15-10(17)7-4-5(12)9(13)14-7/h4,6,14H,2-3H2,1H3,(H,15,17)(H,18,19)/t6-/m1/s1. The highest BCUT2D eigenvalue weighted by Gasteiger charge is 2.23. The van der Waals surface area contributed by atoms with E-state index in [-0.39, 0.29) is 28.7 Å². The van der Waals surface area contributed by atoms with Gasteiger partial charge in [-0.2, -0.15) is 0 Å². The molecule has 0 aliphatic heterocycles. The number of aromatic nitrogens is 1. The number of nitrogens with one attached hydrogen (secondary N) is 2. The van der Waals surface area contributed by atoms with E-state index in [1.54, 1.807) is 0 Å². The number of aliphatic carboxylic acids is 1. The third kappa shape index (κ3) is 4.43. The number of halogens is 2. The van der Waals surface area contributed by atoms with Crippen LogP contribution in [-0.2, 0) is 14.3 Å². The van der Waals surface area contributed by atoms with Gasteiger partial charge in [0.15, 0.2) is 0 Å². The number of hydrogen-bond acceptors (Lipinski definition) is 4. The minimum atomic E-state index is -1.26. The van der Waals surface area contributed by atoms with Gasteiger partial charge in [0.1, 0.15) is 16.9 Å². The smallest absolute Gasteiger partial charge is 0.326 e. The molecular weight excluding hydrogens is 311 g/mol. The van der Waals surface area contributed by atoms with Crippen LogP contribution in [0.1, 0.15) is 23.3 Å². The zero-order valence-electron chi connectivity index (χ0n) is 10.4. The number of amides is 1. The van der Waals surface area contributed by atoms with Crippen LogP contribution in [-0.4, -0.2) is 41.1 Å². The minimum absolute atomic E-state index is 0.0318. The summed E-state index contributed by atoms with van der Waals surface area (Å²) in [6, 6.07) is 0.0563. The third-order valence-electron chi connectivity index (χ3n) is 2.44. The van der Waals surface area contributed by atoms with Crippen LogP contribution in [0, 0.1) is 0 Å². The number of carbonyl (C=O) groups excluding carboxylic acids is 2. The van der Waals surface area contributed by atoms with Crippen molar-refractivity contribution in [3.63, 3.8) is 0 Å². The lowest BCUT2D eigenvalue weighted by atomic mass is 10.1. The first kappa shape index (κ1) is 16.3. The SMILES string of the molecule is COC(=O)CC[C@@H](NC(=O)c1cc(Cl)c(Cl)[nH]1)C(=O)O. The average molecular weight is 323 g/mol. The van der Waals surface area contributed by atoms with Crippen molar-refractivity contribution < 1.29 is 24.2 Å². The summed E-state index contributed by atoms with van der Waals surface area (Å²) in [5.74, 6) is -2.50. The molecule has 1 amide bonds. The van der Waals surface area contributed by atoms with E-state index in [4.69, 9.17) is 28.3 Å². The molecule has 0 radical (unpaired) electrons. The molecule has 1 aromatic heterocycles. The number of H-pyrrole nitrogens is 1. The molecule has 0 bridgehead atoms. The van der Waals surface area contributed by atoms with E-state index in [1.165, 1.54) is 13.2 Å². The number of carboxylic acids is 1. The summed E-state index contributed by atoms with van der Waals surface area (Å²) in [7, 11) is 1.19. The minimum Gasteiger partial charge on any atom is -0.480 e. The normalized spacial score (nSPS) is 11.8. The summed E-state index contributed by atoms with van der Waals surface area (Å²) in [6.07, 6.45) is -0.212. The molecule has 110 valence electrons. The van der Waals surface area contributed by atoms with E-state index in [0.717, 1.165) is 0 Å². The number of methoxy groups -OCH3 is 1. The van der Waals surface area contributed by atoms with Gasteiger partial charge in [0.2, 0.25) is 0 Å². The molecular formula is C11H12Cl2N2O5. The maximum Gasteiger partial charge on any atom is 0.326 e. The fourth-order valence-electron chi connectivity index (χ4n) is 1.38. The molecule has 0 aromatic carbocycles. The van der Waals surface area contributed by atoms with Crippen molar-refractivity contribution in [2.45, 2.75) is 18.9 Å². The van der Waals surface area contributed by atoms with Crippen molar-refractivity contribution in [3.05, 3.63) is 21.9 Å². The number of esters is 1. The Bertz CT molecular complexity index is 509. The van der Waals surface area contributed by atoms with Gasteiger partial charge in [0.25, 0.3) is 5.91 Å². The zero-order chi connectivity index (χ0) is 15.3. The predicted molar refractivity (Wildman–Crippen MR) is 71.0 cm³/mol. The van der Waals surface area contributed by atoms with Crippen LogP contribution < -0.4 is 5.32 Å². The lowest BCUT2D eigenvalue weighted by Gasteiger charge is -2.13. The third-order valence-corrected chi connectivity index (χ3v) is 3.13. The molecule has 0 unspecified atom stereocenters. The lowest BCUT2D eigenvalue weighted by molar-refractivity contribution is -0.142. The molecule has 1 heterocycles. The monoisotopic (exact) mass is 322 g/mol. The van der Waals surface area contributed by atoms with Crippen molar-refractivity contribution in [1.29, 1.82) is 0 Å². The molecule has 7 nitrogen and oxygen atoms in total.